The molecular formula is C16H31N3O. The van der Waals surface area contributed by atoms with Crippen molar-refractivity contribution in [2.24, 2.45) is 23.5 Å². The first-order valence-corrected chi connectivity index (χ1v) is 8.20. The fraction of sp³-hybridized carbons (Fsp3) is 0.938. The zero-order valence-electron chi connectivity index (χ0n) is 13.3. The zero-order valence-corrected chi connectivity index (χ0v) is 13.3. The van der Waals surface area contributed by atoms with Crippen LogP contribution in [-0.2, 0) is 4.79 Å². The molecular weight excluding hydrogens is 250 g/mol. The van der Waals surface area contributed by atoms with Crippen LogP contribution in [0.5, 0.6) is 0 Å². The lowest BCUT2D eigenvalue weighted by atomic mass is 9.89. The molecule has 3 N–H and O–H groups in total. The number of nitrogens with zero attached hydrogens (tertiary/aromatic N) is 1. The highest BCUT2D eigenvalue weighted by Crippen LogP contribution is 2.40. The molecule has 116 valence electrons. The third-order valence-electron chi connectivity index (χ3n) is 5.44. The van der Waals surface area contributed by atoms with Crippen LogP contribution in [0, 0.1) is 17.8 Å². The summed E-state index contributed by atoms with van der Waals surface area (Å²) in [6.07, 6.45) is 6.08. The molecule has 0 aromatic heterocycles. The first-order valence-electron chi connectivity index (χ1n) is 8.20. The van der Waals surface area contributed by atoms with Crippen molar-refractivity contribution >= 4 is 5.91 Å². The van der Waals surface area contributed by atoms with Gasteiger partial charge in [0.1, 0.15) is 5.54 Å². The second-order valence-corrected chi connectivity index (χ2v) is 7.07. The van der Waals surface area contributed by atoms with Crippen molar-refractivity contribution in [1.29, 1.82) is 0 Å². The standard InChI is InChI=1S/C16H31N3O/c1-12(2)13-5-4-9-19(10-8-13)11-16(18-3,15(17)20)14-6-7-14/h12-14,18H,4-11H2,1-3H3,(H2,17,20). The van der Waals surface area contributed by atoms with Gasteiger partial charge in [0.15, 0.2) is 0 Å². The van der Waals surface area contributed by atoms with Crippen molar-refractivity contribution in [2.75, 3.05) is 26.7 Å². The lowest BCUT2D eigenvalue weighted by Crippen LogP contribution is -2.62. The second-order valence-electron chi connectivity index (χ2n) is 7.07. The summed E-state index contributed by atoms with van der Waals surface area (Å²) >= 11 is 0. The van der Waals surface area contributed by atoms with Crippen molar-refractivity contribution in [3.05, 3.63) is 0 Å². The molecule has 0 aromatic carbocycles. The first-order chi connectivity index (χ1) is 9.49. The minimum Gasteiger partial charge on any atom is -0.368 e. The number of rotatable bonds is 6. The average molecular weight is 281 g/mol. The van der Waals surface area contributed by atoms with Gasteiger partial charge in [-0.3, -0.25) is 4.79 Å². The molecule has 4 nitrogen and oxygen atoms in total. The molecule has 1 aliphatic heterocycles. The summed E-state index contributed by atoms with van der Waals surface area (Å²) in [5.74, 6) is 1.86. The quantitative estimate of drug-likeness (QED) is 0.777. The molecule has 1 heterocycles. The highest BCUT2D eigenvalue weighted by molar-refractivity contribution is 5.86. The average Bonchev–Trinajstić information content (AvgIpc) is 3.22. The maximum atomic E-state index is 12.0. The first kappa shape index (κ1) is 15.8. The van der Waals surface area contributed by atoms with Gasteiger partial charge in [0.05, 0.1) is 0 Å². The fourth-order valence-corrected chi connectivity index (χ4v) is 3.75. The smallest absolute Gasteiger partial charge is 0.239 e. The molecule has 1 saturated carbocycles. The summed E-state index contributed by atoms with van der Waals surface area (Å²) in [6.45, 7) is 7.64. The van der Waals surface area contributed by atoms with E-state index in [1.54, 1.807) is 0 Å². The van der Waals surface area contributed by atoms with Gasteiger partial charge in [0.25, 0.3) is 0 Å². The van der Waals surface area contributed by atoms with Gasteiger partial charge in [0, 0.05) is 6.54 Å². The maximum absolute atomic E-state index is 12.0. The normalized spacial score (nSPS) is 28.1. The van der Waals surface area contributed by atoms with Crippen LogP contribution in [0.1, 0.15) is 46.0 Å². The molecule has 1 amide bonds. The van der Waals surface area contributed by atoms with Crippen LogP contribution in [0.3, 0.4) is 0 Å². The molecule has 0 aromatic rings. The zero-order chi connectivity index (χ0) is 14.8. The van der Waals surface area contributed by atoms with Gasteiger partial charge in [-0.05, 0) is 70.0 Å². The van der Waals surface area contributed by atoms with Crippen molar-refractivity contribution < 1.29 is 4.79 Å². The number of carbonyl (C=O) groups excluding carboxylic acids is 1. The number of hydrogen-bond acceptors (Lipinski definition) is 3. The molecule has 2 unspecified atom stereocenters. The van der Waals surface area contributed by atoms with E-state index in [9.17, 15) is 4.79 Å². The Balaban J connectivity index is 1.99. The van der Waals surface area contributed by atoms with Gasteiger partial charge >= 0.3 is 0 Å². The molecule has 0 spiro atoms. The molecule has 2 rings (SSSR count). The minimum atomic E-state index is -0.502. The monoisotopic (exact) mass is 281 g/mol. The van der Waals surface area contributed by atoms with Crippen LogP contribution < -0.4 is 11.1 Å². The summed E-state index contributed by atoms with van der Waals surface area (Å²) in [6, 6.07) is 0. The number of likely N-dealkylation sites (N-methyl/N-ethyl adjacent to an activating group) is 1. The molecule has 1 aliphatic carbocycles. The van der Waals surface area contributed by atoms with Gasteiger partial charge in [-0.1, -0.05) is 13.8 Å². The second kappa shape index (κ2) is 6.44. The number of carbonyl (C=O) groups is 1. The summed E-state index contributed by atoms with van der Waals surface area (Å²) in [5, 5.41) is 3.26. The van der Waals surface area contributed by atoms with E-state index in [0.29, 0.717) is 5.92 Å². The Morgan fingerprint density at radius 2 is 2.00 bits per heavy atom. The molecule has 4 heteroatoms. The SMILES string of the molecule is CNC(CN1CCCC(C(C)C)CC1)(C(N)=O)C1CC1. The van der Waals surface area contributed by atoms with Crippen LogP contribution in [0.25, 0.3) is 0 Å². The van der Waals surface area contributed by atoms with Crippen LogP contribution in [-0.4, -0.2) is 43.0 Å². The molecule has 0 bridgehead atoms. The number of amides is 1. The van der Waals surface area contributed by atoms with Crippen molar-refractivity contribution in [3.63, 3.8) is 0 Å². The Bertz CT molecular complexity index is 341. The van der Waals surface area contributed by atoms with Crippen LogP contribution in [0.4, 0.5) is 0 Å². The number of nitrogens with one attached hydrogen (secondary N) is 1. The van der Waals surface area contributed by atoms with E-state index in [0.717, 1.165) is 44.3 Å². The van der Waals surface area contributed by atoms with Crippen molar-refractivity contribution in [1.82, 2.24) is 10.2 Å². The van der Waals surface area contributed by atoms with Gasteiger partial charge < -0.3 is 16.0 Å². The third-order valence-corrected chi connectivity index (χ3v) is 5.44. The van der Waals surface area contributed by atoms with Gasteiger partial charge in [0.2, 0.25) is 5.91 Å². The molecule has 2 atom stereocenters. The Morgan fingerprint density at radius 3 is 2.50 bits per heavy atom. The largest absolute Gasteiger partial charge is 0.368 e. The predicted octanol–water partition coefficient (Wildman–Crippen LogP) is 1.60. The molecule has 1 saturated heterocycles. The van der Waals surface area contributed by atoms with Crippen LogP contribution >= 0.6 is 0 Å². The van der Waals surface area contributed by atoms with E-state index in [1.807, 2.05) is 7.05 Å². The van der Waals surface area contributed by atoms with Crippen LogP contribution in [0.15, 0.2) is 0 Å². The third kappa shape index (κ3) is 3.34. The minimum absolute atomic E-state index is 0.174. The topological polar surface area (TPSA) is 58.4 Å². The van der Waals surface area contributed by atoms with Gasteiger partial charge in [-0.25, -0.2) is 0 Å². The summed E-state index contributed by atoms with van der Waals surface area (Å²) in [4.78, 5) is 14.5. The van der Waals surface area contributed by atoms with Crippen LogP contribution in [0.2, 0.25) is 0 Å². The van der Waals surface area contributed by atoms with E-state index < -0.39 is 5.54 Å². The van der Waals surface area contributed by atoms with Gasteiger partial charge in [-0.15, -0.1) is 0 Å². The molecule has 2 fully saturated rings. The highest BCUT2D eigenvalue weighted by Gasteiger charge is 2.49. The number of hydrogen-bond donors (Lipinski definition) is 2. The Labute approximate surface area is 123 Å². The lowest BCUT2D eigenvalue weighted by Gasteiger charge is -2.36. The van der Waals surface area contributed by atoms with E-state index in [2.05, 4.69) is 24.1 Å². The Kier molecular flexibility index (Phi) is 5.08. The molecule has 2 aliphatic rings. The highest BCUT2D eigenvalue weighted by atomic mass is 16.1. The Hall–Kier alpha value is -0.610. The Morgan fingerprint density at radius 1 is 1.30 bits per heavy atom. The number of primary amides is 1. The van der Waals surface area contributed by atoms with E-state index in [4.69, 9.17) is 5.73 Å². The summed E-state index contributed by atoms with van der Waals surface area (Å²) < 4.78 is 0. The number of nitrogens with two attached hydrogens (primary N) is 1. The van der Waals surface area contributed by atoms with E-state index in [-0.39, 0.29) is 5.91 Å². The molecule has 20 heavy (non-hydrogen) atoms. The van der Waals surface area contributed by atoms with E-state index >= 15 is 0 Å². The lowest BCUT2D eigenvalue weighted by molar-refractivity contribution is -0.126. The number of likely N-dealkylation sites (tertiary alicyclic amines) is 1. The van der Waals surface area contributed by atoms with Crippen molar-refractivity contribution in [3.8, 4) is 0 Å². The summed E-state index contributed by atoms with van der Waals surface area (Å²) in [5.41, 5.74) is 5.22. The van der Waals surface area contributed by atoms with Crippen molar-refractivity contribution in [2.45, 2.75) is 51.5 Å². The van der Waals surface area contributed by atoms with Gasteiger partial charge in [-0.2, -0.15) is 0 Å². The predicted molar refractivity (Wildman–Crippen MR) is 82.3 cm³/mol. The fourth-order valence-electron chi connectivity index (χ4n) is 3.75. The van der Waals surface area contributed by atoms with E-state index in [1.165, 1.54) is 19.3 Å². The maximum Gasteiger partial charge on any atom is 0.239 e. The summed E-state index contributed by atoms with van der Waals surface area (Å²) in [7, 11) is 1.89. The molecule has 0 radical (unpaired) electrons.